The van der Waals surface area contributed by atoms with Crippen molar-refractivity contribution in [2.45, 2.75) is 44.2 Å². The van der Waals surface area contributed by atoms with Gasteiger partial charge in [-0.15, -0.1) is 5.10 Å². The number of benzene rings is 2. The van der Waals surface area contributed by atoms with E-state index in [-0.39, 0.29) is 17.7 Å². The van der Waals surface area contributed by atoms with Crippen molar-refractivity contribution < 1.29 is 18.7 Å². The first-order valence-electron chi connectivity index (χ1n) is 12.3. The van der Waals surface area contributed by atoms with Crippen molar-refractivity contribution in [2.24, 2.45) is 0 Å². The lowest BCUT2D eigenvalue weighted by Crippen LogP contribution is -2.47. The number of nitrogens with one attached hydrogen (secondary N) is 1. The largest absolute Gasteiger partial charge is 0.494 e. The van der Waals surface area contributed by atoms with E-state index >= 15 is 0 Å². The van der Waals surface area contributed by atoms with E-state index in [1.54, 1.807) is 30.3 Å². The van der Waals surface area contributed by atoms with Gasteiger partial charge >= 0.3 is 0 Å². The number of nitrogens with zero attached hydrogens (tertiary/aromatic N) is 5. The maximum absolute atomic E-state index is 13.9. The topological polar surface area (TPSA) is 115 Å². The predicted molar refractivity (Wildman–Crippen MR) is 135 cm³/mol. The summed E-state index contributed by atoms with van der Waals surface area (Å²) in [6.45, 7) is 0. The lowest BCUT2D eigenvalue weighted by molar-refractivity contribution is -0.123. The first kappa shape index (κ1) is 24.2. The van der Waals surface area contributed by atoms with Gasteiger partial charge in [-0.05, 0) is 53.1 Å². The highest BCUT2D eigenvalue weighted by Crippen LogP contribution is 2.35. The standard InChI is InChI=1S/C27H28N6O4/c1-36-24-17-21(14-15-22(24)32-18-28-30-31-32)33(27(35)23-13-8-16-37-23)25(19-9-4-2-5-10-19)26(34)29-20-11-6-3-7-12-20/h2,4-5,8-10,13-18,20,25H,3,6-7,11-12H2,1H3,(H,29,34). The summed E-state index contributed by atoms with van der Waals surface area (Å²) in [6.07, 6.45) is 8.06. The van der Waals surface area contributed by atoms with Crippen LogP contribution in [0.4, 0.5) is 5.69 Å². The molecule has 1 aliphatic rings. The van der Waals surface area contributed by atoms with E-state index < -0.39 is 11.9 Å². The van der Waals surface area contributed by atoms with Crippen molar-refractivity contribution in [3.63, 3.8) is 0 Å². The fraction of sp³-hybridized carbons (Fsp3) is 0.296. The average molecular weight is 501 g/mol. The molecule has 4 aromatic rings. The Morgan fingerprint density at radius 3 is 2.57 bits per heavy atom. The van der Waals surface area contributed by atoms with Crippen molar-refractivity contribution in [1.29, 1.82) is 0 Å². The summed E-state index contributed by atoms with van der Waals surface area (Å²) in [7, 11) is 1.52. The number of carbonyl (C=O) groups excluding carboxylic acids is 2. The second-order valence-electron chi connectivity index (χ2n) is 8.92. The summed E-state index contributed by atoms with van der Waals surface area (Å²) in [4.78, 5) is 29.3. The molecule has 2 heterocycles. The Balaban J connectivity index is 1.60. The van der Waals surface area contributed by atoms with E-state index in [1.807, 2.05) is 30.3 Å². The number of furan rings is 1. The molecule has 1 saturated carbocycles. The Hall–Kier alpha value is -4.47. The molecule has 1 aliphatic carbocycles. The van der Waals surface area contributed by atoms with Crippen LogP contribution >= 0.6 is 0 Å². The number of rotatable bonds is 8. The minimum absolute atomic E-state index is 0.0738. The molecule has 0 bridgehead atoms. The SMILES string of the molecule is COc1cc(N(C(=O)c2ccco2)C(C(=O)NC2CCCCC2)c2ccccc2)ccc1-n1cnnn1. The van der Waals surface area contributed by atoms with E-state index in [0.29, 0.717) is 22.7 Å². The van der Waals surface area contributed by atoms with Crippen LogP contribution in [0.25, 0.3) is 5.69 Å². The van der Waals surface area contributed by atoms with Gasteiger partial charge < -0.3 is 14.5 Å². The van der Waals surface area contributed by atoms with Crippen LogP contribution in [-0.2, 0) is 4.79 Å². The summed E-state index contributed by atoms with van der Waals surface area (Å²) in [5.74, 6) is -0.145. The van der Waals surface area contributed by atoms with Crippen molar-refractivity contribution in [2.75, 3.05) is 12.0 Å². The second kappa shape index (κ2) is 11.1. The molecule has 2 aromatic heterocycles. The maximum atomic E-state index is 13.9. The molecule has 0 saturated heterocycles. The number of amides is 2. The highest BCUT2D eigenvalue weighted by atomic mass is 16.5. The predicted octanol–water partition coefficient (Wildman–Crippen LogP) is 4.10. The van der Waals surface area contributed by atoms with E-state index in [2.05, 4.69) is 20.8 Å². The molecular formula is C27H28N6O4. The second-order valence-corrected chi connectivity index (χ2v) is 8.92. The molecule has 10 nitrogen and oxygen atoms in total. The number of methoxy groups -OCH3 is 1. The van der Waals surface area contributed by atoms with Gasteiger partial charge in [-0.2, -0.15) is 4.68 Å². The van der Waals surface area contributed by atoms with E-state index in [9.17, 15) is 9.59 Å². The number of tetrazole rings is 1. The minimum atomic E-state index is -0.940. The van der Waals surface area contributed by atoms with Crippen molar-refractivity contribution >= 4 is 17.5 Å². The molecule has 0 radical (unpaired) electrons. The van der Waals surface area contributed by atoms with Gasteiger partial charge in [0.05, 0.1) is 13.4 Å². The van der Waals surface area contributed by atoms with Crippen LogP contribution in [0, 0.1) is 0 Å². The number of hydrogen-bond donors (Lipinski definition) is 1. The molecule has 1 unspecified atom stereocenters. The Morgan fingerprint density at radius 2 is 1.89 bits per heavy atom. The number of hydrogen-bond acceptors (Lipinski definition) is 7. The Kier molecular flexibility index (Phi) is 7.25. The number of carbonyl (C=O) groups is 2. The molecule has 190 valence electrons. The molecule has 5 rings (SSSR count). The fourth-order valence-corrected chi connectivity index (χ4v) is 4.76. The molecule has 1 fully saturated rings. The van der Waals surface area contributed by atoms with Crippen molar-refractivity contribution in [1.82, 2.24) is 25.5 Å². The van der Waals surface area contributed by atoms with Crippen LogP contribution in [0.3, 0.4) is 0 Å². The van der Waals surface area contributed by atoms with Gasteiger partial charge in [0, 0.05) is 17.8 Å². The number of aromatic nitrogens is 4. The lowest BCUT2D eigenvalue weighted by Gasteiger charge is -2.33. The average Bonchev–Trinajstić information content (AvgIpc) is 3.67. The van der Waals surface area contributed by atoms with Gasteiger partial charge in [0.2, 0.25) is 5.91 Å². The molecule has 1 N–H and O–H groups in total. The van der Waals surface area contributed by atoms with Gasteiger partial charge in [-0.1, -0.05) is 49.6 Å². The third kappa shape index (κ3) is 5.23. The third-order valence-corrected chi connectivity index (χ3v) is 6.56. The zero-order valence-electron chi connectivity index (χ0n) is 20.5. The first-order valence-corrected chi connectivity index (χ1v) is 12.3. The Morgan fingerprint density at radius 1 is 1.08 bits per heavy atom. The van der Waals surface area contributed by atoms with Crippen molar-refractivity contribution in [3.8, 4) is 11.4 Å². The Bertz CT molecular complexity index is 1320. The highest BCUT2D eigenvalue weighted by Gasteiger charge is 2.36. The molecule has 0 spiro atoms. The van der Waals surface area contributed by atoms with Gasteiger partial charge in [0.25, 0.3) is 5.91 Å². The molecule has 10 heteroatoms. The van der Waals surface area contributed by atoms with E-state index in [0.717, 1.165) is 25.7 Å². The fourth-order valence-electron chi connectivity index (χ4n) is 4.76. The molecular weight excluding hydrogens is 472 g/mol. The quantitative estimate of drug-likeness (QED) is 0.387. The van der Waals surface area contributed by atoms with Crippen LogP contribution in [0.15, 0.2) is 77.7 Å². The smallest absolute Gasteiger partial charge is 0.294 e. The van der Waals surface area contributed by atoms with Crippen LogP contribution in [-0.4, -0.2) is 45.2 Å². The zero-order valence-corrected chi connectivity index (χ0v) is 20.5. The lowest BCUT2D eigenvalue weighted by atomic mass is 9.94. The summed E-state index contributed by atoms with van der Waals surface area (Å²) < 4.78 is 12.6. The number of ether oxygens (including phenoxy) is 1. The Labute approximate surface area is 214 Å². The monoisotopic (exact) mass is 500 g/mol. The highest BCUT2D eigenvalue weighted by molar-refractivity contribution is 6.08. The van der Waals surface area contributed by atoms with Gasteiger partial charge in [-0.3, -0.25) is 14.5 Å². The van der Waals surface area contributed by atoms with Gasteiger partial charge in [0.1, 0.15) is 23.8 Å². The van der Waals surface area contributed by atoms with Crippen LogP contribution < -0.4 is 15.0 Å². The van der Waals surface area contributed by atoms with E-state index in [4.69, 9.17) is 9.15 Å². The van der Waals surface area contributed by atoms with Crippen molar-refractivity contribution in [3.05, 3.63) is 84.6 Å². The summed E-state index contributed by atoms with van der Waals surface area (Å²) in [5, 5.41) is 14.5. The first-order chi connectivity index (χ1) is 18.2. The number of anilines is 1. The zero-order chi connectivity index (χ0) is 25.6. The van der Waals surface area contributed by atoms with E-state index in [1.165, 1.54) is 35.7 Å². The summed E-state index contributed by atoms with van der Waals surface area (Å²) in [6, 6.07) is 16.8. The molecule has 0 aliphatic heterocycles. The van der Waals surface area contributed by atoms with Crippen LogP contribution in [0.5, 0.6) is 5.75 Å². The molecule has 1 atom stereocenters. The maximum Gasteiger partial charge on any atom is 0.294 e. The van der Waals surface area contributed by atoms with Crippen LogP contribution in [0.2, 0.25) is 0 Å². The van der Waals surface area contributed by atoms with Gasteiger partial charge in [-0.25, -0.2) is 0 Å². The molecule has 2 aromatic carbocycles. The summed E-state index contributed by atoms with van der Waals surface area (Å²) >= 11 is 0. The van der Waals surface area contributed by atoms with Crippen LogP contribution in [0.1, 0.15) is 54.3 Å². The summed E-state index contributed by atoms with van der Waals surface area (Å²) in [5.41, 5.74) is 1.73. The minimum Gasteiger partial charge on any atom is -0.494 e. The molecule has 37 heavy (non-hydrogen) atoms. The normalized spacial score (nSPS) is 14.6. The molecule has 2 amide bonds. The van der Waals surface area contributed by atoms with Gasteiger partial charge in [0.15, 0.2) is 5.76 Å². The third-order valence-electron chi connectivity index (χ3n) is 6.56.